The molecular formula is C19H41BrN+. The van der Waals surface area contributed by atoms with Crippen LogP contribution in [0, 0.1) is 0 Å². The van der Waals surface area contributed by atoms with Crippen LogP contribution >= 0.6 is 15.9 Å². The van der Waals surface area contributed by atoms with Gasteiger partial charge in [-0.3, -0.25) is 0 Å². The molecule has 0 rings (SSSR count). The van der Waals surface area contributed by atoms with Crippen LogP contribution in [-0.2, 0) is 0 Å². The van der Waals surface area contributed by atoms with Crippen LogP contribution in [0.2, 0.25) is 0 Å². The summed E-state index contributed by atoms with van der Waals surface area (Å²) in [5, 5.41) is 1.17. The van der Waals surface area contributed by atoms with Gasteiger partial charge in [-0.1, -0.05) is 62.4 Å². The molecule has 0 radical (unpaired) electrons. The number of quaternary nitrogens is 1. The molecule has 0 atom stereocenters. The van der Waals surface area contributed by atoms with Gasteiger partial charge in [0.05, 0.1) is 26.2 Å². The molecule has 0 aromatic rings. The van der Waals surface area contributed by atoms with Crippen LogP contribution < -0.4 is 0 Å². The zero-order valence-electron chi connectivity index (χ0n) is 15.1. The minimum absolute atomic E-state index is 1.17. The van der Waals surface area contributed by atoms with E-state index in [9.17, 15) is 0 Å². The van der Waals surface area contributed by atoms with Crippen molar-refractivity contribution in [1.29, 1.82) is 0 Å². The average molecular weight is 363 g/mol. The lowest BCUT2D eigenvalue weighted by molar-refractivity contribution is -0.928. The van der Waals surface area contributed by atoms with E-state index in [0.29, 0.717) is 0 Å². The van der Waals surface area contributed by atoms with Crippen molar-refractivity contribution in [2.45, 2.75) is 91.4 Å². The Balaban J connectivity index is 4.48. The van der Waals surface area contributed by atoms with Crippen molar-refractivity contribution in [2.24, 2.45) is 0 Å². The molecule has 0 saturated carbocycles. The van der Waals surface area contributed by atoms with Gasteiger partial charge in [0.2, 0.25) is 0 Å². The predicted octanol–water partition coefficient (Wildman–Crippen LogP) is 6.55. The van der Waals surface area contributed by atoms with Gasteiger partial charge in [0.1, 0.15) is 0 Å². The fraction of sp³-hybridized carbons (Fsp3) is 1.00. The van der Waals surface area contributed by atoms with E-state index in [1.165, 1.54) is 107 Å². The molecule has 0 aliphatic heterocycles. The maximum absolute atomic E-state index is 3.65. The van der Waals surface area contributed by atoms with Crippen molar-refractivity contribution in [3.05, 3.63) is 0 Å². The molecule has 0 heterocycles. The van der Waals surface area contributed by atoms with Crippen molar-refractivity contribution in [2.75, 3.05) is 31.5 Å². The van der Waals surface area contributed by atoms with Crippen LogP contribution in [-0.4, -0.2) is 36.0 Å². The third-order valence-corrected chi connectivity index (χ3v) is 5.28. The molecular weight excluding hydrogens is 322 g/mol. The zero-order valence-corrected chi connectivity index (χ0v) is 16.7. The normalized spacial score (nSPS) is 12.0. The molecule has 0 spiro atoms. The molecule has 0 aromatic heterocycles. The first kappa shape index (κ1) is 21.4. The second-order valence-electron chi connectivity index (χ2n) is 6.75. The van der Waals surface area contributed by atoms with Crippen LogP contribution in [0.5, 0.6) is 0 Å². The highest BCUT2D eigenvalue weighted by Crippen LogP contribution is 2.18. The van der Waals surface area contributed by atoms with Crippen LogP contribution in [0.4, 0.5) is 0 Å². The van der Waals surface area contributed by atoms with E-state index in [4.69, 9.17) is 0 Å². The second kappa shape index (κ2) is 15.3. The minimum atomic E-state index is 1.17. The number of unbranched alkanes of at least 4 members (excludes halogenated alkanes) is 7. The quantitative estimate of drug-likeness (QED) is 0.166. The highest BCUT2D eigenvalue weighted by Gasteiger charge is 2.25. The van der Waals surface area contributed by atoms with E-state index < -0.39 is 0 Å². The fourth-order valence-electron chi connectivity index (χ4n) is 3.33. The van der Waals surface area contributed by atoms with E-state index in [0.717, 1.165) is 0 Å². The summed E-state index contributed by atoms with van der Waals surface area (Å²) < 4.78 is 1.41. The predicted molar refractivity (Wildman–Crippen MR) is 101 cm³/mol. The van der Waals surface area contributed by atoms with Crippen LogP contribution in [0.1, 0.15) is 91.4 Å². The highest BCUT2D eigenvalue weighted by atomic mass is 79.9. The highest BCUT2D eigenvalue weighted by molar-refractivity contribution is 9.09. The van der Waals surface area contributed by atoms with Crippen LogP contribution in [0.3, 0.4) is 0 Å². The Morgan fingerprint density at radius 2 is 0.905 bits per heavy atom. The minimum Gasteiger partial charge on any atom is -0.324 e. The first-order chi connectivity index (χ1) is 10.2. The Labute approximate surface area is 143 Å². The van der Waals surface area contributed by atoms with Crippen LogP contribution in [0.25, 0.3) is 0 Å². The molecule has 0 bridgehead atoms. The molecule has 1 nitrogen and oxygen atoms in total. The third-order valence-electron chi connectivity index (χ3n) is 4.72. The van der Waals surface area contributed by atoms with Crippen LogP contribution in [0.15, 0.2) is 0 Å². The Bertz CT molecular complexity index is 196. The lowest BCUT2D eigenvalue weighted by atomic mass is 10.1. The first-order valence-corrected chi connectivity index (χ1v) is 10.8. The van der Waals surface area contributed by atoms with Gasteiger partial charge in [0, 0.05) is 11.8 Å². The summed E-state index contributed by atoms with van der Waals surface area (Å²) in [7, 11) is 0. The molecule has 0 saturated heterocycles. The van der Waals surface area contributed by atoms with E-state index in [1.807, 2.05) is 0 Å². The summed E-state index contributed by atoms with van der Waals surface area (Å²) in [6.45, 7) is 12.6. The summed E-state index contributed by atoms with van der Waals surface area (Å²) in [5.41, 5.74) is 0. The Morgan fingerprint density at radius 3 is 1.33 bits per heavy atom. The standard InChI is InChI=1S/C19H41BrN/c1-4-7-10-13-18-21(19-14-15-20,16-11-8-5-2)17-12-9-6-3/h4-19H2,1-3H3/q+1. The summed E-state index contributed by atoms with van der Waals surface area (Å²) in [6, 6.07) is 0. The largest absolute Gasteiger partial charge is 0.324 e. The first-order valence-electron chi connectivity index (χ1n) is 9.65. The Hall–Kier alpha value is 0.440. The maximum atomic E-state index is 3.65. The number of hydrogen-bond donors (Lipinski definition) is 0. The van der Waals surface area contributed by atoms with E-state index in [2.05, 4.69) is 36.7 Å². The summed E-state index contributed by atoms with van der Waals surface area (Å²) in [6.07, 6.45) is 15.4. The van der Waals surface area contributed by atoms with Crippen molar-refractivity contribution in [3.63, 3.8) is 0 Å². The van der Waals surface area contributed by atoms with Gasteiger partial charge < -0.3 is 4.48 Å². The number of rotatable bonds is 16. The summed E-state index contributed by atoms with van der Waals surface area (Å²) >= 11 is 3.65. The topological polar surface area (TPSA) is 0 Å². The molecule has 0 N–H and O–H groups in total. The summed E-state index contributed by atoms with van der Waals surface area (Å²) in [5.74, 6) is 0. The van der Waals surface area contributed by atoms with Gasteiger partial charge in [-0.2, -0.15) is 0 Å². The molecule has 0 aromatic carbocycles. The second-order valence-corrected chi connectivity index (χ2v) is 7.55. The van der Waals surface area contributed by atoms with Crippen molar-refractivity contribution < 1.29 is 4.48 Å². The fourth-order valence-corrected chi connectivity index (χ4v) is 3.59. The van der Waals surface area contributed by atoms with E-state index in [-0.39, 0.29) is 0 Å². The molecule has 0 aliphatic rings. The monoisotopic (exact) mass is 362 g/mol. The van der Waals surface area contributed by atoms with Crippen molar-refractivity contribution in [3.8, 4) is 0 Å². The maximum Gasteiger partial charge on any atom is 0.0794 e. The van der Waals surface area contributed by atoms with Gasteiger partial charge >= 0.3 is 0 Å². The Morgan fingerprint density at radius 1 is 0.524 bits per heavy atom. The molecule has 0 amide bonds. The Kier molecular flexibility index (Phi) is 15.7. The number of alkyl halides is 1. The average Bonchev–Trinajstić information content (AvgIpc) is 2.50. The zero-order chi connectivity index (χ0) is 15.8. The van der Waals surface area contributed by atoms with Gasteiger partial charge in [0.25, 0.3) is 0 Å². The van der Waals surface area contributed by atoms with Crippen molar-refractivity contribution in [1.82, 2.24) is 0 Å². The lowest BCUT2D eigenvalue weighted by Gasteiger charge is -2.39. The van der Waals surface area contributed by atoms with Gasteiger partial charge in [-0.15, -0.1) is 0 Å². The number of hydrogen-bond acceptors (Lipinski definition) is 0. The number of nitrogens with zero attached hydrogens (tertiary/aromatic N) is 1. The van der Waals surface area contributed by atoms with Crippen molar-refractivity contribution >= 4 is 15.9 Å². The third kappa shape index (κ3) is 11.6. The molecule has 0 unspecified atom stereocenters. The van der Waals surface area contributed by atoms with Gasteiger partial charge in [0.15, 0.2) is 0 Å². The smallest absolute Gasteiger partial charge is 0.0794 e. The number of halogens is 1. The summed E-state index contributed by atoms with van der Waals surface area (Å²) in [4.78, 5) is 0. The SMILES string of the molecule is CCCCCC[N+](CCCBr)(CCCCC)CCCCC. The molecule has 0 fully saturated rings. The molecule has 21 heavy (non-hydrogen) atoms. The molecule has 128 valence electrons. The van der Waals surface area contributed by atoms with E-state index >= 15 is 0 Å². The molecule has 2 heteroatoms. The van der Waals surface area contributed by atoms with Gasteiger partial charge in [-0.05, 0) is 38.5 Å². The lowest BCUT2D eigenvalue weighted by Crippen LogP contribution is -2.51. The molecule has 0 aliphatic carbocycles. The van der Waals surface area contributed by atoms with Gasteiger partial charge in [-0.25, -0.2) is 0 Å². The van der Waals surface area contributed by atoms with E-state index in [1.54, 1.807) is 0 Å².